The smallest absolute Gasteiger partial charge is 0.227 e. The largest absolute Gasteiger partial charge is 0.381 e. The van der Waals surface area contributed by atoms with Crippen LogP contribution in [0.4, 0.5) is 0 Å². The van der Waals surface area contributed by atoms with E-state index in [0.717, 1.165) is 32.5 Å². The SMILES string of the molecule is CC(CN1CCCC1)NC(=O)C1(CN)CCOCC1. The Labute approximate surface area is 115 Å². The predicted molar refractivity (Wildman–Crippen MR) is 74.8 cm³/mol. The summed E-state index contributed by atoms with van der Waals surface area (Å²) in [6.45, 7) is 7.06. The number of likely N-dealkylation sites (tertiary alicyclic amines) is 1. The zero-order chi connectivity index (χ0) is 13.7. The molecule has 1 unspecified atom stereocenters. The lowest BCUT2D eigenvalue weighted by Crippen LogP contribution is -2.53. The van der Waals surface area contributed by atoms with Gasteiger partial charge in [-0.3, -0.25) is 4.79 Å². The van der Waals surface area contributed by atoms with Crippen molar-refractivity contribution in [1.82, 2.24) is 10.2 Å². The second kappa shape index (κ2) is 6.68. The summed E-state index contributed by atoms with van der Waals surface area (Å²) in [7, 11) is 0. The highest BCUT2D eigenvalue weighted by atomic mass is 16.5. The van der Waals surface area contributed by atoms with Crippen molar-refractivity contribution in [3.63, 3.8) is 0 Å². The Morgan fingerprint density at radius 3 is 2.58 bits per heavy atom. The van der Waals surface area contributed by atoms with Crippen LogP contribution in [-0.2, 0) is 9.53 Å². The minimum Gasteiger partial charge on any atom is -0.381 e. The van der Waals surface area contributed by atoms with Gasteiger partial charge in [0, 0.05) is 32.3 Å². The van der Waals surface area contributed by atoms with Crippen molar-refractivity contribution in [2.24, 2.45) is 11.1 Å². The van der Waals surface area contributed by atoms with E-state index in [1.165, 1.54) is 12.8 Å². The molecule has 2 fully saturated rings. The molecule has 0 bridgehead atoms. The maximum Gasteiger partial charge on any atom is 0.227 e. The summed E-state index contributed by atoms with van der Waals surface area (Å²) in [5.41, 5.74) is 5.45. The molecule has 0 spiro atoms. The summed E-state index contributed by atoms with van der Waals surface area (Å²) in [5.74, 6) is 0.116. The molecule has 2 heterocycles. The predicted octanol–water partition coefficient (Wildman–Crippen LogP) is 0.342. The van der Waals surface area contributed by atoms with Crippen molar-refractivity contribution < 1.29 is 9.53 Å². The minimum absolute atomic E-state index is 0.116. The highest BCUT2D eigenvalue weighted by Gasteiger charge is 2.39. The van der Waals surface area contributed by atoms with Crippen molar-refractivity contribution in [3.8, 4) is 0 Å². The molecule has 0 saturated carbocycles. The van der Waals surface area contributed by atoms with E-state index in [9.17, 15) is 4.79 Å². The fourth-order valence-electron chi connectivity index (χ4n) is 3.06. The first-order chi connectivity index (χ1) is 9.16. The summed E-state index contributed by atoms with van der Waals surface area (Å²) in [6.07, 6.45) is 4.05. The molecule has 0 radical (unpaired) electrons. The average Bonchev–Trinajstić information content (AvgIpc) is 2.92. The summed E-state index contributed by atoms with van der Waals surface area (Å²) in [4.78, 5) is 14.9. The van der Waals surface area contributed by atoms with Gasteiger partial charge in [0.2, 0.25) is 5.91 Å². The van der Waals surface area contributed by atoms with E-state index in [2.05, 4.69) is 17.1 Å². The van der Waals surface area contributed by atoms with Gasteiger partial charge in [-0.1, -0.05) is 0 Å². The molecule has 0 aromatic rings. The van der Waals surface area contributed by atoms with Crippen molar-refractivity contribution >= 4 is 5.91 Å². The number of rotatable bonds is 5. The molecule has 0 aliphatic carbocycles. The van der Waals surface area contributed by atoms with Crippen molar-refractivity contribution in [2.75, 3.05) is 39.4 Å². The van der Waals surface area contributed by atoms with Gasteiger partial charge in [-0.25, -0.2) is 0 Å². The highest BCUT2D eigenvalue weighted by molar-refractivity contribution is 5.83. The maximum absolute atomic E-state index is 12.5. The first kappa shape index (κ1) is 14.8. The van der Waals surface area contributed by atoms with Gasteiger partial charge in [-0.2, -0.15) is 0 Å². The third kappa shape index (κ3) is 3.68. The van der Waals surface area contributed by atoms with Gasteiger partial charge in [0.1, 0.15) is 0 Å². The van der Waals surface area contributed by atoms with Gasteiger partial charge in [0.25, 0.3) is 0 Å². The molecule has 5 nitrogen and oxygen atoms in total. The van der Waals surface area contributed by atoms with E-state index in [0.29, 0.717) is 19.8 Å². The van der Waals surface area contributed by atoms with Gasteiger partial charge in [0.15, 0.2) is 0 Å². The Morgan fingerprint density at radius 2 is 2.00 bits per heavy atom. The van der Waals surface area contributed by atoms with E-state index < -0.39 is 5.41 Å². The second-order valence-corrected chi connectivity index (χ2v) is 5.98. The molecule has 1 atom stereocenters. The topological polar surface area (TPSA) is 67.6 Å². The molecule has 2 aliphatic rings. The number of hydrogen-bond donors (Lipinski definition) is 2. The molecule has 2 saturated heterocycles. The lowest BCUT2D eigenvalue weighted by molar-refractivity contribution is -0.136. The molecule has 0 aromatic carbocycles. The van der Waals surface area contributed by atoms with E-state index >= 15 is 0 Å². The van der Waals surface area contributed by atoms with E-state index in [1.807, 2.05) is 0 Å². The average molecular weight is 269 g/mol. The number of carbonyl (C=O) groups is 1. The number of hydrogen-bond acceptors (Lipinski definition) is 4. The van der Waals surface area contributed by atoms with Gasteiger partial charge < -0.3 is 20.7 Å². The van der Waals surface area contributed by atoms with Crippen molar-refractivity contribution in [1.29, 1.82) is 0 Å². The lowest BCUT2D eigenvalue weighted by atomic mass is 9.79. The quantitative estimate of drug-likeness (QED) is 0.755. The minimum atomic E-state index is -0.405. The van der Waals surface area contributed by atoms with Crippen LogP contribution in [0, 0.1) is 5.41 Å². The molecule has 3 N–H and O–H groups in total. The molecule has 2 rings (SSSR count). The molecule has 2 aliphatic heterocycles. The molecule has 5 heteroatoms. The third-order valence-electron chi connectivity index (χ3n) is 4.43. The Bertz CT molecular complexity index is 297. The summed E-state index contributed by atoms with van der Waals surface area (Å²) in [5, 5.41) is 3.15. The number of nitrogens with one attached hydrogen (secondary N) is 1. The number of amides is 1. The highest BCUT2D eigenvalue weighted by Crippen LogP contribution is 2.29. The fourth-order valence-corrected chi connectivity index (χ4v) is 3.06. The number of carbonyl (C=O) groups excluding carboxylic acids is 1. The summed E-state index contributed by atoms with van der Waals surface area (Å²) < 4.78 is 5.35. The number of nitrogens with zero attached hydrogens (tertiary/aromatic N) is 1. The fraction of sp³-hybridized carbons (Fsp3) is 0.929. The second-order valence-electron chi connectivity index (χ2n) is 5.98. The Hall–Kier alpha value is -0.650. The zero-order valence-corrected chi connectivity index (χ0v) is 12.0. The van der Waals surface area contributed by atoms with Gasteiger partial charge in [0.05, 0.1) is 5.41 Å². The van der Waals surface area contributed by atoms with Crippen LogP contribution >= 0.6 is 0 Å². The first-order valence-corrected chi connectivity index (χ1v) is 7.47. The molecule has 1 amide bonds. The van der Waals surface area contributed by atoms with Crippen LogP contribution in [-0.4, -0.2) is 56.2 Å². The van der Waals surface area contributed by atoms with Crippen molar-refractivity contribution in [3.05, 3.63) is 0 Å². The molecule has 110 valence electrons. The third-order valence-corrected chi connectivity index (χ3v) is 4.43. The monoisotopic (exact) mass is 269 g/mol. The number of nitrogens with two attached hydrogens (primary N) is 1. The molecular weight excluding hydrogens is 242 g/mol. The van der Waals surface area contributed by atoms with E-state index in [-0.39, 0.29) is 11.9 Å². The van der Waals surface area contributed by atoms with Crippen LogP contribution in [0.5, 0.6) is 0 Å². The normalized spacial score (nSPS) is 25.2. The van der Waals surface area contributed by atoms with Gasteiger partial charge in [-0.15, -0.1) is 0 Å². The Kier molecular flexibility index (Phi) is 5.19. The van der Waals surface area contributed by atoms with Crippen LogP contribution in [0.3, 0.4) is 0 Å². The molecule has 19 heavy (non-hydrogen) atoms. The molecule has 0 aromatic heterocycles. The number of ether oxygens (including phenoxy) is 1. The summed E-state index contributed by atoms with van der Waals surface area (Å²) >= 11 is 0. The van der Waals surface area contributed by atoms with Crippen LogP contribution in [0.25, 0.3) is 0 Å². The van der Waals surface area contributed by atoms with Crippen LogP contribution in [0.1, 0.15) is 32.6 Å². The van der Waals surface area contributed by atoms with Crippen molar-refractivity contribution in [2.45, 2.75) is 38.6 Å². The van der Waals surface area contributed by atoms with Gasteiger partial charge in [-0.05, 0) is 45.7 Å². The van der Waals surface area contributed by atoms with Crippen LogP contribution in [0.15, 0.2) is 0 Å². The lowest BCUT2D eigenvalue weighted by Gasteiger charge is -2.36. The summed E-state index contributed by atoms with van der Waals surface area (Å²) in [6, 6.07) is 0.192. The van der Waals surface area contributed by atoms with E-state index in [4.69, 9.17) is 10.5 Å². The van der Waals surface area contributed by atoms with Crippen LogP contribution < -0.4 is 11.1 Å². The molecular formula is C14H27N3O2. The van der Waals surface area contributed by atoms with Crippen LogP contribution in [0.2, 0.25) is 0 Å². The zero-order valence-electron chi connectivity index (χ0n) is 12.0. The Balaban J connectivity index is 1.83. The van der Waals surface area contributed by atoms with Gasteiger partial charge >= 0.3 is 0 Å². The Morgan fingerprint density at radius 1 is 1.37 bits per heavy atom. The maximum atomic E-state index is 12.5. The van der Waals surface area contributed by atoms with E-state index in [1.54, 1.807) is 0 Å². The standard InChI is InChI=1S/C14H27N3O2/c1-12(10-17-6-2-3-7-17)16-13(18)14(11-15)4-8-19-9-5-14/h12H,2-11,15H2,1H3,(H,16,18). The first-order valence-electron chi connectivity index (χ1n) is 7.47.